The van der Waals surface area contributed by atoms with Crippen molar-refractivity contribution in [1.29, 1.82) is 0 Å². The maximum Gasteiger partial charge on any atom is 0.410 e. The van der Waals surface area contributed by atoms with Crippen molar-refractivity contribution >= 4 is 46.7 Å². The van der Waals surface area contributed by atoms with E-state index in [0.29, 0.717) is 41.3 Å². The third-order valence-corrected chi connectivity index (χ3v) is 5.05. The minimum Gasteiger partial charge on any atom is -0.444 e. The average Bonchev–Trinajstić information content (AvgIpc) is 2.76. The minimum absolute atomic E-state index is 0.0283. The fraction of sp³-hybridized carbons (Fsp3) is 0.391. The van der Waals surface area contributed by atoms with Gasteiger partial charge in [0.1, 0.15) is 10.6 Å². The number of amides is 2. The van der Waals surface area contributed by atoms with E-state index >= 15 is 0 Å². The normalized spacial score (nSPS) is 16.0. The molecule has 0 bridgehead atoms. The summed E-state index contributed by atoms with van der Waals surface area (Å²) in [6.07, 6.45) is 4.07. The summed E-state index contributed by atoms with van der Waals surface area (Å²) >= 11 is 6.31. The van der Waals surface area contributed by atoms with Gasteiger partial charge in [0.2, 0.25) is 11.9 Å². The molecule has 176 valence electrons. The molecule has 2 amide bonds. The van der Waals surface area contributed by atoms with Crippen LogP contribution in [0, 0.1) is 0 Å². The predicted molar refractivity (Wildman–Crippen MR) is 130 cm³/mol. The van der Waals surface area contributed by atoms with Crippen LogP contribution in [0.1, 0.15) is 33.6 Å². The van der Waals surface area contributed by atoms with Crippen LogP contribution in [0.25, 0.3) is 0 Å². The maximum absolute atomic E-state index is 12.4. The van der Waals surface area contributed by atoms with E-state index in [9.17, 15) is 9.59 Å². The van der Waals surface area contributed by atoms with E-state index in [0.717, 1.165) is 12.8 Å². The Morgan fingerprint density at radius 2 is 2.00 bits per heavy atom. The summed E-state index contributed by atoms with van der Waals surface area (Å²) in [6, 6.07) is 7.15. The van der Waals surface area contributed by atoms with Crippen LogP contribution in [-0.4, -0.2) is 51.6 Å². The first-order valence-corrected chi connectivity index (χ1v) is 11.1. The zero-order valence-corrected chi connectivity index (χ0v) is 19.8. The Morgan fingerprint density at radius 1 is 1.27 bits per heavy atom. The number of piperidine rings is 1. The summed E-state index contributed by atoms with van der Waals surface area (Å²) in [4.78, 5) is 34.6. The van der Waals surface area contributed by atoms with Gasteiger partial charge in [-0.05, 0) is 51.8 Å². The average molecular weight is 473 g/mol. The molecule has 3 N–H and O–H groups in total. The lowest BCUT2D eigenvalue weighted by Gasteiger charge is -2.34. The Hall–Kier alpha value is -3.33. The zero-order chi connectivity index (χ0) is 24.0. The van der Waals surface area contributed by atoms with E-state index in [-0.39, 0.29) is 18.0 Å². The molecule has 1 saturated heterocycles. The standard InChI is InChI=1S/C23H29ClN6O3/c1-5-19(31)27-17-10-6-7-11-18(17)28-20-16(24)13-25-21(29-20)26-15-9-8-12-30(14-15)22(32)33-23(2,3)4/h5-7,10-11,13,15H,1,8-9,12,14H2,2-4H3,(H,27,31)(H2,25,26,28,29)/t15-/m0/s1. The summed E-state index contributed by atoms with van der Waals surface area (Å²) in [7, 11) is 0. The molecular weight excluding hydrogens is 444 g/mol. The molecule has 33 heavy (non-hydrogen) atoms. The molecule has 1 atom stereocenters. The van der Waals surface area contributed by atoms with E-state index in [1.165, 1.54) is 12.3 Å². The van der Waals surface area contributed by atoms with Gasteiger partial charge in [0.25, 0.3) is 0 Å². The molecule has 3 rings (SSSR count). The number of carbonyl (C=O) groups is 2. The third kappa shape index (κ3) is 7.08. The van der Waals surface area contributed by atoms with Gasteiger partial charge in [-0.2, -0.15) is 4.98 Å². The van der Waals surface area contributed by atoms with Crippen LogP contribution in [0.3, 0.4) is 0 Å². The first-order valence-electron chi connectivity index (χ1n) is 10.7. The fourth-order valence-electron chi connectivity index (χ4n) is 3.31. The molecule has 1 aromatic carbocycles. The highest BCUT2D eigenvalue weighted by Crippen LogP contribution is 2.29. The first-order chi connectivity index (χ1) is 15.6. The molecule has 9 nitrogen and oxygen atoms in total. The highest BCUT2D eigenvalue weighted by atomic mass is 35.5. The van der Waals surface area contributed by atoms with Crippen LogP contribution in [0.4, 0.5) is 27.9 Å². The number of hydrogen-bond acceptors (Lipinski definition) is 7. The Bertz CT molecular complexity index is 1020. The number of carbonyl (C=O) groups excluding carboxylic acids is 2. The molecule has 1 aliphatic rings. The lowest BCUT2D eigenvalue weighted by Crippen LogP contribution is -2.47. The van der Waals surface area contributed by atoms with Crippen molar-refractivity contribution in [3.8, 4) is 0 Å². The van der Waals surface area contributed by atoms with Gasteiger partial charge in [0.15, 0.2) is 5.82 Å². The molecule has 1 aliphatic heterocycles. The first kappa shape index (κ1) is 24.3. The number of nitrogens with zero attached hydrogens (tertiary/aromatic N) is 3. The number of hydrogen-bond donors (Lipinski definition) is 3. The second kappa shape index (κ2) is 10.5. The van der Waals surface area contributed by atoms with Crippen molar-refractivity contribution in [1.82, 2.24) is 14.9 Å². The van der Waals surface area contributed by atoms with Gasteiger partial charge in [-0.25, -0.2) is 9.78 Å². The van der Waals surface area contributed by atoms with Gasteiger partial charge < -0.3 is 25.6 Å². The number of anilines is 4. The molecule has 0 unspecified atom stereocenters. The van der Waals surface area contributed by atoms with Crippen molar-refractivity contribution < 1.29 is 14.3 Å². The molecule has 1 aromatic heterocycles. The van der Waals surface area contributed by atoms with Crippen molar-refractivity contribution in [3.05, 3.63) is 48.1 Å². The zero-order valence-electron chi connectivity index (χ0n) is 19.0. The second-order valence-electron chi connectivity index (χ2n) is 8.66. The van der Waals surface area contributed by atoms with Crippen molar-refractivity contribution in [2.45, 2.75) is 45.3 Å². The second-order valence-corrected chi connectivity index (χ2v) is 9.07. The molecule has 10 heteroatoms. The van der Waals surface area contributed by atoms with Crippen LogP contribution in [0.2, 0.25) is 5.02 Å². The lowest BCUT2D eigenvalue weighted by molar-refractivity contribution is -0.111. The van der Waals surface area contributed by atoms with E-state index in [1.54, 1.807) is 23.1 Å². The number of aromatic nitrogens is 2. The lowest BCUT2D eigenvalue weighted by atomic mass is 10.1. The summed E-state index contributed by atoms with van der Waals surface area (Å²) in [6.45, 7) is 10.2. The summed E-state index contributed by atoms with van der Waals surface area (Å²) in [5, 5.41) is 9.49. The number of benzene rings is 1. The minimum atomic E-state index is -0.543. The SMILES string of the molecule is C=CC(=O)Nc1ccccc1Nc1nc(N[C@H]2CCCN(C(=O)OC(C)(C)C)C2)ncc1Cl. The highest BCUT2D eigenvalue weighted by molar-refractivity contribution is 6.33. The summed E-state index contributed by atoms with van der Waals surface area (Å²) < 4.78 is 5.49. The van der Waals surface area contributed by atoms with Gasteiger partial charge in [-0.15, -0.1) is 0 Å². The maximum atomic E-state index is 12.4. The van der Waals surface area contributed by atoms with Gasteiger partial charge in [0.05, 0.1) is 17.6 Å². The molecule has 1 fully saturated rings. The molecular formula is C23H29ClN6O3. The third-order valence-electron chi connectivity index (χ3n) is 4.77. The molecule has 2 heterocycles. The molecule has 2 aromatic rings. The summed E-state index contributed by atoms with van der Waals surface area (Å²) in [5.41, 5.74) is 0.638. The van der Waals surface area contributed by atoms with Crippen molar-refractivity contribution in [2.24, 2.45) is 0 Å². The number of halogens is 1. The highest BCUT2D eigenvalue weighted by Gasteiger charge is 2.28. The van der Waals surface area contributed by atoms with Crippen LogP contribution in [0.15, 0.2) is 43.1 Å². The van der Waals surface area contributed by atoms with Crippen molar-refractivity contribution in [3.63, 3.8) is 0 Å². The monoisotopic (exact) mass is 472 g/mol. The van der Waals surface area contributed by atoms with Gasteiger partial charge in [0, 0.05) is 19.1 Å². The van der Waals surface area contributed by atoms with Crippen LogP contribution >= 0.6 is 11.6 Å². The molecule has 0 spiro atoms. The van der Waals surface area contributed by atoms with E-state index < -0.39 is 5.60 Å². The van der Waals surface area contributed by atoms with E-state index in [1.807, 2.05) is 26.8 Å². The molecule has 0 saturated carbocycles. The van der Waals surface area contributed by atoms with E-state index in [4.69, 9.17) is 16.3 Å². The molecule has 0 radical (unpaired) electrons. The Kier molecular flexibility index (Phi) is 7.75. The number of ether oxygens (including phenoxy) is 1. The Labute approximate surface area is 198 Å². The van der Waals surface area contributed by atoms with Crippen LogP contribution < -0.4 is 16.0 Å². The predicted octanol–water partition coefficient (Wildman–Crippen LogP) is 4.81. The summed E-state index contributed by atoms with van der Waals surface area (Å²) in [5.74, 6) is 0.437. The quantitative estimate of drug-likeness (QED) is 0.517. The molecule has 0 aliphatic carbocycles. The smallest absolute Gasteiger partial charge is 0.410 e. The Morgan fingerprint density at radius 3 is 2.70 bits per heavy atom. The van der Waals surface area contributed by atoms with Crippen molar-refractivity contribution in [2.75, 3.05) is 29.0 Å². The largest absolute Gasteiger partial charge is 0.444 e. The Balaban J connectivity index is 1.70. The van der Waals surface area contributed by atoms with Gasteiger partial charge in [-0.1, -0.05) is 30.3 Å². The number of likely N-dealkylation sites (tertiary alicyclic amines) is 1. The number of para-hydroxylation sites is 2. The topological polar surface area (TPSA) is 108 Å². The van der Waals surface area contributed by atoms with Gasteiger partial charge >= 0.3 is 6.09 Å². The van der Waals surface area contributed by atoms with E-state index in [2.05, 4.69) is 32.5 Å². The number of nitrogens with one attached hydrogen (secondary N) is 3. The van der Waals surface area contributed by atoms with Crippen LogP contribution in [0.5, 0.6) is 0 Å². The fourth-order valence-corrected chi connectivity index (χ4v) is 3.44. The number of rotatable bonds is 6. The van der Waals surface area contributed by atoms with Gasteiger partial charge in [-0.3, -0.25) is 4.79 Å². The van der Waals surface area contributed by atoms with Crippen LogP contribution in [-0.2, 0) is 9.53 Å².